The van der Waals surface area contributed by atoms with Gasteiger partial charge < -0.3 is 23.8 Å². The Morgan fingerprint density at radius 2 is 1.50 bits per heavy atom. The van der Waals surface area contributed by atoms with E-state index >= 15 is 0 Å². The number of carbonyl (C=O) groups is 1. The minimum atomic E-state index is 0.0178. The van der Waals surface area contributed by atoms with Crippen LogP contribution in [0, 0.1) is 0 Å². The number of nitrogens with zero attached hydrogens (tertiary/aromatic N) is 1. The largest absolute Gasteiger partial charge is 0.496 e. The normalized spacial score (nSPS) is 11.6. The first-order valence-corrected chi connectivity index (χ1v) is 12.2. The van der Waals surface area contributed by atoms with Crippen LogP contribution in [-0.4, -0.2) is 44.8 Å². The van der Waals surface area contributed by atoms with Crippen LogP contribution in [0.15, 0.2) is 66.7 Å². The summed E-state index contributed by atoms with van der Waals surface area (Å²) in [6.07, 6.45) is 0.846. The van der Waals surface area contributed by atoms with E-state index in [1.165, 1.54) is 0 Å². The van der Waals surface area contributed by atoms with E-state index < -0.39 is 0 Å². The standard InChI is InChI=1S/C30H37NO5/c1-21(2)36-25-14-12-24(13-15-25)26(27-9-7-8-10-28(27)33-4)17-18-31(22(3)32)20-23-11-16-29(34-5)30(19-23)35-6/h7-16,19,21,26H,17-18,20H2,1-6H3. The van der Waals surface area contributed by atoms with Crippen molar-refractivity contribution in [3.8, 4) is 23.0 Å². The molecular weight excluding hydrogens is 454 g/mol. The minimum absolute atomic E-state index is 0.0178. The molecule has 0 aliphatic carbocycles. The van der Waals surface area contributed by atoms with Crippen molar-refractivity contribution in [2.45, 2.75) is 45.8 Å². The molecule has 0 aliphatic rings. The van der Waals surface area contributed by atoms with Gasteiger partial charge in [0.15, 0.2) is 11.5 Å². The fraction of sp³-hybridized carbons (Fsp3) is 0.367. The zero-order valence-corrected chi connectivity index (χ0v) is 22.1. The van der Waals surface area contributed by atoms with Gasteiger partial charge in [0.1, 0.15) is 11.5 Å². The monoisotopic (exact) mass is 491 g/mol. The molecule has 0 aliphatic heterocycles. The summed E-state index contributed by atoms with van der Waals surface area (Å²) in [5, 5.41) is 0. The van der Waals surface area contributed by atoms with E-state index in [1.54, 1.807) is 28.3 Å². The van der Waals surface area contributed by atoms with Crippen molar-refractivity contribution < 1.29 is 23.7 Å². The summed E-state index contributed by atoms with van der Waals surface area (Å²) in [6.45, 7) is 6.70. The van der Waals surface area contributed by atoms with Crippen LogP contribution < -0.4 is 18.9 Å². The van der Waals surface area contributed by atoms with Gasteiger partial charge in [0.25, 0.3) is 0 Å². The second-order valence-electron chi connectivity index (χ2n) is 8.95. The molecule has 0 saturated heterocycles. The van der Waals surface area contributed by atoms with Crippen molar-refractivity contribution in [1.29, 1.82) is 0 Å². The van der Waals surface area contributed by atoms with Gasteiger partial charge >= 0.3 is 0 Å². The summed E-state index contributed by atoms with van der Waals surface area (Å²) in [5.74, 6) is 3.04. The quantitative estimate of drug-likeness (QED) is 0.308. The van der Waals surface area contributed by atoms with E-state index in [9.17, 15) is 4.79 Å². The van der Waals surface area contributed by atoms with Crippen LogP contribution in [0.4, 0.5) is 0 Å². The third kappa shape index (κ3) is 6.94. The molecule has 192 valence electrons. The molecule has 0 radical (unpaired) electrons. The molecule has 0 spiro atoms. The lowest BCUT2D eigenvalue weighted by Gasteiger charge is -2.26. The fourth-order valence-corrected chi connectivity index (χ4v) is 4.34. The molecule has 0 N–H and O–H groups in total. The van der Waals surface area contributed by atoms with Crippen molar-refractivity contribution in [3.05, 3.63) is 83.4 Å². The maximum atomic E-state index is 12.6. The van der Waals surface area contributed by atoms with Gasteiger partial charge in [0.2, 0.25) is 5.91 Å². The second-order valence-corrected chi connectivity index (χ2v) is 8.95. The van der Waals surface area contributed by atoms with Gasteiger partial charge in [-0.2, -0.15) is 0 Å². The van der Waals surface area contributed by atoms with Crippen LogP contribution in [0.5, 0.6) is 23.0 Å². The maximum absolute atomic E-state index is 12.6. The van der Waals surface area contributed by atoms with E-state index in [0.717, 1.165) is 34.6 Å². The van der Waals surface area contributed by atoms with E-state index in [0.29, 0.717) is 24.6 Å². The van der Waals surface area contributed by atoms with E-state index in [2.05, 4.69) is 18.2 Å². The van der Waals surface area contributed by atoms with Gasteiger partial charge in [0.05, 0.1) is 27.4 Å². The van der Waals surface area contributed by atoms with Gasteiger partial charge in [-0.05, 0) is 61.7 Å². The third-order valence-corrected chi connectivity index (χ3v) is 6.12. The predicted molar refractivity (Wildman–Crippen MR) is 142 cm³/mol. The molecule has 1 amide bonds. The van der Waals surface area contributed by atoms with Crippen molar-refractivity contribution >= 4 is 5.91 Å². The summed E-state index contributed by atoms with van der Waals surface area (Å²) in [7, 11) is 4.91. The first kappa shape index (κ1) is 26.9. The Morgan fingerprint density at radius 3 is 2.11 bits per heavy atom. The lowest BCUT2D eigenvalue weighted by molar-refractivity contribution is -0.129. The lowest BCUT2D eigenvalue weighted by Crippen LogP contribution is -2.30. The van der Waals surface area contributed by atoms with Crippen molar-refractivity contribution in [1.82, 2.24) is 4.90 Å². The molecule has 0 aromatic heterocycles. The van der Waals surface area contributed by atoms with Gasteiger partial charge in [-0.1, -0.05) is 36.4 Å². The Hall–Kier alpha value is -3.67. The van der Waals surface area contributed by atoms with Crippen LogP contribution in [0.1, 0.15) is 49.8 Å². The number of benzene rings is 3. The van der Waals surface area contributed by atoms with Gasteiger partial charge in [-0.15, -0.1) is 0 Å². The highest BCUT2D eigenvalue weighted by atomic mass is 16.5. The Morgan fingerprint density at radius 1 is 0.833 bits per heavy atom. The molecule has 0 fully saturated rings. The number of amides is 1. The summed E-state index contributed by atoms with van der Waals surface area (Å²) in [5.41, 5.74) is 3.21. The molecule has 6 heteroatoms. The number of methoxy groups -OCH3 is 3. The first-order chi connectivity index (χ1) is 17.4. The number of carbonyl (C=O) groups excluding carboxylic acids is 1. The van der Waals surface area contributed by atoms with Gasteiger partial charge in [-0.25, -0.2) is 0 Å². The van der Waals surface area contributed by atoms with Crippen molar-refractivity contribution in [2.24, 2.45) is 0 Å². The number of para-hydroxylation sites is 1. The summed E-state index contributed by atoms with van der Waals surface area (Å²) < 4.78 is 22.3. The highest BCUT2D eigenvalue weighted by Gasteiger charge is 2.21. The smallest absolute Gasteiger partial charge is 0.219 e. The van der Waals surface area contributed by atoms with Gasteiger partial charge in [0, 0.05) is 31.5 Å². The van der Waals surface area contributed by atoms with Crippen molar-refractivity contribution in [3.63, 3.8) is 0 Å². The molecule has 0 bridgehead atoms. The minimum Gasteiger partial charge on any atom is -0.496 e. The molecule has 3 aromatic carbocycles. The predicted octanol–water partition coefficient (Wildman–Crippen LogP) is 6.07. The van der Waals surface area contributed by atoms with Crippen molar-refractivity contribution in [2.75, 3.05) is 27.9 Å². The highest BCUT2D eigenvalue weighted by molar-refractivity contribution is 5.73. The molecule has 1 atom stereocenters. The number of hydrogen-bond acceptors (Lipinski definition) is 5. The Kier molecular flexibility index (Phi) is 9.62. The first-order valence-electron chi connectivity index (χ1n) is 12.2. The van der Waals surface area contributed by atoms with Crippen LogP contribution in [-0.2, 0) is 11.3 Å². The molecule has 3 rings (SSSR count). The molecule has 6 nitrogen and oxygen atoms in total. The summed E-state index contributed by atoms with van der Waals surface area (Å²) in [6, 6.07) is 22.0. The lowest BCUT2D eigenvalue weighted by atomic mass is 9.87. The van der Waals surface area contributed by atoms with Crippen LogP contribution in [0.3, 0.4) is 0 Å². The molecule has 0 saturated carbocycles. The highest BCUT2D eigenvalue weighted by Crippen LogP contribution is 2.35. The maximum Gasteiger partial charge on any atom is 0.219 e. The van der Waals surface area contributed by atoms with Crippen LogP contribution in [0.2, 0.25) is 0 Å². The number of hydrogen-bond donors (Lipinski definition) is 0. The topological polar surface area (TPSA) is 57.2 Å². The zero-order valence-electron chi connectivity index (χ0n) is 22.1. The van der Waals surface area contributed by atoms with Crippen LogP contribution >= 0.6 is 0 Å². The average molecular weight is 492 g/mol. The summed E-state index contributed by atoms with van der Waals surface area (Å²) >= 11 is 0. The van der Waals surface area contributed by atoms with E-state index in [1.807, 2.05) is 67.3 Å². The molecular formula is C30H37NO5. The molecule has 1 unspecified atom stereocenters. The molecule has 0 heterocycles. The third-order valence-electron chi connectivity index (χ3n) is 6.12. The molecule has 3 aromatic rings. The Bertz CT molecular complexity index is 1130. The Balaban J connectivity index is 1.86. The van der Waals surface area contributed by atoms with E-state index in [-0.39, 0.29) is 17.9 Å². The Labute approximate surface area is 214 Å². The fourth-order valence-electron chi connectivity index (χ4n) is 4.34. The van der Waals surface area contributed by atoms with Gasteiger partial charge in [-0.3, -0.25) is 4.79 Å². The SMILES string of the molecule is COc1ccc(CN(CCC(c2ccc(OC(C)C)cc2)c2ccccc2OC)C(C)=O)cc1OC. The second kappa shape index (κ2) is 12.9. The van der Waals surface area contributed by atoms with E-state index in [4.69, 9.17) is 18.9 Å². The number of rotatable bonds is 12. The zero-order chi connectivity index (χ0) is 26.1. The average Bonchev–Trinajstić information content (AvgIpc) is 2.88. The number of ether oxygens (including phenoxy) is 4. The summed E-state index contributed by atoms with van der Waals surface area (Å²) in [4.78, 5) is 14.5. The molecule has 36 heavy (non-hydrogen) atoms. The van der Waals surface area contributed by atoms with Crippen LogP contribution in [0.25, 0.3) is 0 Å².